The second-order valence-electron chi connectivity index (χ2n) is 3.88. The molecular weight excluding hydrogens is 264 g/mol. The monoisotopic (exact) mass is 276 g/mol. The van der Waals surface area contributed by atoms with Gasteiger partial charge in [-0.3, -0.25) is 0 Å². The quantitative estimate of drug-likeness (QED) is 0.766. The van der Waals surface area contributed by atoms with Gasteiger partial charge in [0.25, 0.3) is 0 Å². The summed E-state index contributed by atoms with van der Waals surface area (Å²) in [5, 5.41) is 0. The molecule has 0 unspecified atom stereocenters. The topological polar surface area (TPSA) is 52.6 Å². The average Bonchev–Trinajstić information content (AvgIpc) is 2.21. The van der Waals surface area contributed by atoms with Gasteiger partial charge in [0.15, 0.2) is 0 Å². The van der Waals surface area contributed by atoms with Gasteiger partial charge in [0.05, 0.1) is 19.0 Å². The summed E-state index contributed by atoms with van der Waals surface area (Å²) in [5.41, 5.74) is 0.851. The molecule has 0 bridgehead atoms. The van der Waals surface area contributed by atoms with Gasteiger partial charge in [0, 0.05) is 10.7 Å². The first-order valence-electron chi connectivity index (χ1n) is 5.29. The lowest BCUT2D eigenvalue weighted by molar-refractivity contribution is -0.0799. The van der Waals surface area contributed by atoms with E-state index < -0.39 is 9.05 Å². The highest BCUT2D eigenvalue weighted by molar-refractivity contribution is 8.13. The summed E-state index contributed by atoms with van der Waals surface area (Å²) in [6.45, 7) is 1.17. The lowest BCUT2D eigenvalue weighted by Crippen LogP contribution is -2.38. The fourth-order valence-electron chi connectivity index (χ4n) is 1.52. The maximum Gasteiger partial charge on any atom is 0.232 e. The van der Waals surface area contributed by atoms with Gasteiger partial charge in [0.2, 0.25) is 9.05 Å². The molecule has 1 aromatic rings. The molecule has 4 nitrogen and oxygen atoms in total. The zero-order valence-electron chi connectivity index (χ0n) is 9.13. The Hall–Kier alpha value is -0.780. The predicted molar refractivity (Wildman–Crippen MR) is 65.0 cm³/mol. The molecule has 0 aromatic heterocycles. The molecule has 1 fully saturated rings. The molecule has 0 spiro atoms. The Morgan fingerprint density at radius 1 is 1.35 bits per heavy atom. The van der Waals surface area contributed by atoms with Crippen molar-refractivity contribution >= 4 is 19.7 Å². The third kappa shape index (κ3) is 3.87. The van der Waals surface area contributed by atoms with Gasteiger partial charge < -0.3 is 9.47 Å². The second-order valence-corrected chi connectivity index (χ2v) is 6.77. The van der Waals surface area contributed by atoms with Crippen LogP contribution in [-0.2, 0) is 20.2 Å². The van der Waals surface area contributed by atoms with Crippen molar-refractivity contribution in [1.82, 2.24) is 0 Å². The lowest BCUT2D eigenvalue weighted by atomic mass is 10.1. The molecule has 0 radical (unpaired) electrons. The highest BCUT2D eigenvalue weighted by atomic mass is 35.7. The number of halogens is 1. The SMILES string of the molecule is O=S(=O)(Cl)CCc1ccccc1OC1COC1. The van der Waals surface area contributed by atoms with Crippen molar-refractivity contribution in [3.63, 3.8) is 0 Å². The van der Waals surface area contributed by atoms with E-state index in [1.54, 1.807) is 0 Å². The van der Waals surface area contributed by atoms with Crippen LogP contribution in [0.5, 0.6) is 5.75 Å². The molecule has 0 saturated carbocycles. The van der Waals surface area contributed by atoms with Gasteiger partial charge >= 0.3 is 0 Å². The van der Waals surface area contributed by atoms with E-state index >= 15 is 0 Å². The van der Waals surface area contributed by atoms with E-state index in [0.717, 1.165) is 5.56 Å². The van der Waals surface area contributed by atoms with Crippen molar-refractivity contribution in [3.05, 3.63) is 29.8 Å². The van der Waals surface area contributed by atoms with E-state index in [-0.39, 0.29) is 11.9 Å². The van der Waals surface area contributed by atoms with Gasteiger partial charge in [-0.1, -0.05) is 18.2 Å². The minimum atomic E-state index is -3.47. The molecule has 0 amide bonds. The normalized spacial score (nSPS) is 16.5. The predicted octanol–water partition coefficient (Wildman–Crippen LogP) is 1.58. The summed E-state index contributed by atoms with van der Waals surface area (Å²) in [7, 11) is 1.72. The zero-order valence-corrected chi connectivity index (χ0v) is 10.7. The Labute approximate surface area is 105 Å². The van der Waals surface area contributed by atoms with Crippen LogP contribution in [0.1, 0.15) is 5.56 Å². The maximum absolute atomic E-state index is 10.9. The van der Waals surface area contributed by atoms with Gasteiger partial charge in [-0.05, 0) is 18.1 Å². The van der Waals surface area contributed by atoms with Gasteiger partial charge in [-0.25, -0.2) is 8.42 Å². The maximum atomic E-state index is 10.9. The molecule has 17 heavy (non-hydrogen) atoms. The smallest absolute Gasteiger partial charge is 0.232 e. The first-order chi connectivity index (χ1) is 8.04. The third-order valence-corrected chi connectivity index (χ3v) is 3.64. The molecule has 2 rings (SSSR count). The Kier molecular flexibility index (Phi) is 3.91. The van der Waals surface area contributed by atoms with E-state index in [2.05, 4.69) is 0 Å². The molecule has 0 aliphatic carbocycles. The molecular formula is C11H13ClO4S. The average molecular weight is 277 g/mol. The van der Waals surface area contributed by atoms with Crippen LogP contribution in [0, 0.1) is 0 Å². The standard InChI is InChI=1S/C11H13ClO4S/c12-17(13,14)6-5-9-3-1-2-4-11(9)16-10-7-15-8-10/h1-4,10H,5-8H2. The fourth-order valence-corrected chi connectivity index (χ4v) is 2.21. The van der Waals surface area contributed by atoms with Crippen molar-refractivity contribution in [2.75, 3.05) is 19.0 Å². The lowest BCUT2D eigenvalue weighted by Gasteiger charge is -2.27. The van der Waals surface area contributed by atoms with Crippen LogP contribution in [-0.4, -0.2) is 33.5 Å². The van der Waals surface area contributed by atoms with Crippen LogP contribution in [0.25, 0.3) is 0 Å². The molecule has 1 saturated heterocycles. The summed E-state index contributed by atoms with van der Waals surface area (Å²) in [6, 6.07) is 7.37. The van der Waals surface area contributed by atoms with Crippen LogP contribution in [0.2, 0.25) is 0 Å². The summed E-state index contributed by atoms with van der Waals surface area (Å²) in [4.78, 5) is 0. The number of benzene rings is 1. The number of ether oxygens (including phenoxy) is 2. The molecule has 1 aliphatic rings. The van der Waals surface area contributed by atoms with Crippen LogP contribution >= 0.6 is 10.7 Å². The van der Waals surface area contributed by atoms with Gasteiger partial charge in [-0.2, -0.15) is 0 Å². The first kappa shape index (κ1) is 12.7. The third-order valence-electron chi connectivity index (χ3n) is 2.49. The summed E-state index contributed by atoms with van der Waals surface area (Å²) >= 11 is 0. The molecule has 6 heteroatoms. The summed E-state index contributed by atoms with van der Waals surface area (Å²) in [6.07, 6.45) is 0.430. The Balaban J connectivity index is 2.04. The highest BCUT2D eigenvalue weighted by Crippen LogP contribution is 2.22. The molecule has 0 atom stereocenters. The summed E-state index contributed by atoms with van der Waals surface area (Å²) < 4.78 is 32.5. The van der Waals surface area contributed by atoms with Crippen molar-refractivity contribution in [2.45, 2.75) is 12.5 Å². The van der Waals surface area contributed by atoms with Crippen LogP contribution < -0.4 is 4.74 Å². The number of hydrogen-bond donors (Lipinski definition) is 0. The number of para-hydroxylation sites is 1. The van der Waals surface area contributed by atoms with E-state index in [1.807, 2.05) is 24.3 Å². The number of hydrogen-bond acceptors (Lipinski definition) is 4. The largest absolute Gasteiger partial charge is 0.485 e. The van der Waals surface area contributed by atoms with Crippen LogP contribution in [0.4, 0.5) is 0 Å². The molecule has 0 N–H and O–H groups in total. The Bertz CT molecular complexity index is 482. The molecule has 1 aromatic carbocycles. The summed E-state index contributed by atoms with van der Waals surface area (Å²) in [5.74, 6) is 0.622. The van der Waals surface area contributed by atoms with Gasteiger partial charge in [0.1, 0.15) is 11.9 Å². The van der Waals surface area contributed by atoms with Crippen molar-refractivity contribution < 1.29 is 17.9 Å². The molecule has 94 valence electrons. The minimum Gasteiger partial charge on any atom is -0.485 e. The Morgan fingerprint density at radius 2 is 2.06 bits per heavy atom. The van der Waals surface area contributed by atoms with E-state index in [0.29, 0.717) is 25.4 Å². The van der Waals surface area contributed by atoms with Crippen LogP contribution in [0.15, 0.2) is 24.3 Å². The van der Waals surface area contributed by atoms with E-state index in [9.17, 15) is 8.42 Å². The van der Waals surface area contributed by atoms with Crippen molar-refractivity contribution in [2.24, 2.45) is 0 Å². The molecule has 1 aliphatic heterocycles. The first-order valence-corrected chi connectivity index (χ1v) is 7.77. The van der Waals surface area contributed by atoms with Gasteiger partial charge in [-0.15, -0.1) is 0 Å². The fraction of sp³-hybridized carbons (Fsp3) is 0.455. The number of rotatable bonds is 5. The zero-order chi connectivity index (χ0) is 12.3. The van der Waals surface area contributed by atoms with E-state index in [4.69, 9.17) is 20.2 Å². The number of aryl methyl sites for hydroxylation is 1. The highest BCUT2D eigenvalue weighted by Gasteiger charge is 2.21. The van der Waals surface area contributed by atoms with Crippen molar-refractivity contribution in [1.29, 1.82) is 0 Å². The van der Waals surface area contributed by atoms with Crippen LogP contribution in [0.3, 0.4) is 0 Å². The minimum absolute atomic E-state index is 0.0729. The molecule has 1 heterocycles. The second kappa shape index (κ2) is 5.25. The Morgan fingerprint density at radius 3 is 2.65 bits per heavy atom. The van der Waals surface area contributed by atoms with Crippen molar-refractivity contribution in [3.8, 4) is 5.75 Å². The van der Waals surface area contributed by atoms with E-state index in [1.165, 1.54) is 0 Å².